The maximum atomic E-state index is 10.6. The van der Waals surface area contributed by atoms with Gasteiger partial charge >= 0.3 is 0 Å². The molecule has 0 unspecified atom stereocenters. The maximum Gasteiger partial charge on any atom is 0.140 e. The van der Waals surface area contributed by atoms with E-state index in [-0.39, 0.29) is 39.9 Å². The van der Waals surface area contributed by atoms with Crippen molar-refractivity contribution in [3.05, 3.63) is 0 Å². The van der Waals surface area contributed by atoms with E-state index in [1.165, 1.54) is 13.8 Å². The van der Waals surface area contributed by atoms with E-state index >= 15 is 0 Å². The number of hydrogen-bond donors (Lipinski definition) is 0. The van der Waals surface area contributed by atoms with Gasteiger partial charge in [0.1, 0.15) is 11.6 Å². The quantitative estimate of drug-likeness (QED) is 0.544. The molecule has 0 fully saturated rings. The molecule has 63 valence electrons. The van der Waals surface area contributed by atoms with E-state index in [1.54, 1.807) is 0 Å². The summed E-state index contributed by atoms with van der Waals surface area (Å²) in [5.41, 5.74) is 0. The average Bonchev–Trinajstić information content (AvgIpc) is 1.64. The fraction of sp³-hybridized carbons (Fsp3) is 0.714. The van der Waals surface area contributed by atoms with Crippen molar-refractivity contribution in [2.24, 2.45) is 5.92 Å². The number of carbonyl (C=O) groups is 2. The molecule has 0 saturated heterocycles. The van der Waals surface area contributed by atoms with Gasteiger partial charge in [0.2, 0.25) is 0 Å². The van der Waals surface area contributed by atoms with Crippen LogP contribution in [-0.4, -0.2) is 11.6 Å². The zero-order chi connectivity index (χ0) is 7.44. The average molecular weight is 236 g/mol. The predicted octanol–water partition coefficient (Wildman–Crippen LogP) is 1.19. The molecule has 1 radical (unpaired) electrons. The minimum Gasteiger partial charge on any atom is -0.299 e. The van der Waals surface area contributed by atoms with Gasteiger partial charge < -0.3 is 0 Å². The topological polar surface area (TPSA) is 34.1 Å². The Morgan fingerprint density at radius 2 is 1.50 bits per heavy atom. The van der Waals surface area contributed by atoms with Gasteiger partial charge in [-0.15, -0.1) is 0 Å². The van der Waals surface area contributed by atoms with Crippen LogP contribution in [0.4, 0.5) is 0 Å². The Morgan fingerprint density at radius 3 is 1.50 bits per heavy atom. The normalized spacial score (nSPS) is 8.80. The van der Waals surface area contributed by atoms with Crippen molar-refractivity contribution in [3.8, 4) is 0 Å². The van der Waals surface area contributed by atoms with Crippen molar-refractivity contribution >= 4 is 11.6 Å². The van der Waals surface area contributed by atoms with E-state index < -0.39 is 0 Å². The molecule has 0 N–H and O–H groups in total. The van der Waals surface area contributed by atoms with Crippen molar-refractivity contribution in [1.29, 1.82) is 0 Å². The molecule has 0 rings (SSSR count). The molecular weight excluding hydrogens is 224 g/mol. The number of carbonyl (C=O) groups excluding carboxylic acids is 2. The van der Waals surface area contributed by atoms with Crippen LogP contribution in [0.1, 0.15) is 27.2 Å². The summed E-state index contributed by atoms with van der Waals surface area (Å²) in [5, 5.41) is 0. The van der Waals surface area contributed by atoms with Gasteiger partial charge in [0, 0.05) is 22.4 Å². The van der Waals surface area contributed by atoms with Crippen LogP contribution in [0.15, 0.2) is 0 Å². The van der Waals surface area contributed by atoms with E-state index in [4.69, 9.17) is 0 Å². The van der Waals surface area contributed by atoms with Gasteiger partial charge in [-0.05, 0) is 20.3 Å². The fourth-order valence-electron chi connectivity index (χ4n) is 0.861. The summed E-state index contributed by atoms with van der Waals surface area (Å²) in [4.78, 5) is 21.2. The summed E-state index contributed by atoms with van der Waals surface area (Å²) >= 11 is 0. The number of rotatable bonds is 3. The van der Waals surface area contributed by atoms with Crippen LogP contribution in [0.25, 0.3) is 0 Å². The van der Waals surface area contributed by atoms with Crippen molar-refractivity contribution < 1.29 is 32.0 Å². The van der Waals surface area contributed by atoms with Crippen molar-refractivity contribution in [3.63, 3.8) is 0 Å². The molecule has 0 aromatic rings. The third-order valence-corrected chi connectivity index (χ3v) is 1.39. The van der Waals surface area contributed by atoms with Gasteiger partial charge in [-0.3, -0.25) is 9.59 Å². The first-order valence-corrected chi connectivity index (χ1v) is 3.10. The number of Topliss-reactive ketones (excluding diaryl/α,β-unsaturated/α-hetero) is 2. The monoisotopic (exact) mass is 235 g/mol. The van der Waals surface area contributed by atoms with Gasteiger partial charge in [-0.25, -0.2) is 0 Å². The Morgan fingerprint density at radius 1 is 1.20 bits per heavy atom. The molecule has 3 heteroatoms. The first-order valence-electron chi connectivity index (χ1n) is 3.10. The second-order valence-corrected chi connectivity index (χ2v) is 2.18. The predicted molar refractivity (Wildman–Crippen MR) is 35.1 cm³/mol. The Balaban J connectivity index is 0. The fourth-order valence-corrected chi connectivity index (χ4v) is 0.861. The van der Waals surface area contributed by atoms with E-state index in [0.29, 0.717) is 6.42 Å². The first-order chi connectivity index (χ1) is 4.09. The zero-order valence-corrected chi connectivity index (χ0v) is 7.88. The molecule has 0 bridgehead atoms. The summed E-state index contributed by atoms with van der Waals surface area (Å²) in [7, 11) is 0. The van der Waals surface area contributed by atoms with Crippen LogP contribution < -0.4 is 0 Å². The van der Waals surface area contributed by atoms with Crippen LogP contribution in [-0.2, 0) is 32.0 Å². The van der Waals surface area contributed by atoms with Gasteiger partial charge in [-0.1, -0.05) is 6.92 Å². The Labute approximate surface area is 76.9 Å². The Hall–Kier alpha value is 0.0803. The zero-order valence-electron chi connectivity index (χ0n) is 6.40. The third-order valence-electron chi connectivity index (χ3n) is 1.39. The molecule has 0 heterocycles. The van der Waals surface area contributed by atoms with E-state index in [0.717, 1.165) is 0 Å². The molecule has 0 spiro atoms. The molecule has 0 atom stereocenters. The molecule has 0 saturated carbocycles. The second kappa shape index (κ2) is 5.83. The van der Waals surface area contributed by atoms with Gasteiger partial charge in [-0.2, -0.15) is 0 Å². The summed E-state index contributed by atoms with van der Waals surface area (Å²) in [5.74, 6) is -0.403. The second-order valence-electron chi connectivity index (χ2n) is 2.18. The van der Waals surface area contributed by atoms with Gasteiger partial charge in [0.15, 0.2) is 0 Å². The van der Waals surface area contributed by atoms with Gasteiger partial charge in [0.25, 0.3) is 0 Å². The first kappa shape index (κ1) is 12.7. The maximum absolute atomic E-state index is 10.6. The molecule has 2 nitrogen and oxygen atoms in total. The van der Waals surface area contributed by atoms with Gasteiger partial charge in [0.05, 0.1) is 5.92 Å². The van der Waals surface area contributed by atoms with Crippen molar-refractivity contribution in [2.75, 3.05) is 0 Å². The van der Waals surface area contributed by atoms with Crippen LogP contribution in [0, 0.1) is 5.92 Å². The van der Waals surface area contributed by atoms with Crippen LogP contribution >= 0.6 is 0 Å². The molecule has 0 aliphatic heterocycles. The Bertz CT molecular complexity index is 118. The SMILES string of the molecule is CCC(C(C)=O)C(C)=O.[Ag]. The molecule has 0 aliphatic rings. The van der Waals surface area contributed by atoms with E-state index in [9.17, 15) is 9.59 Å². The van der Waals surface area contributed by atoms with E-state index in [1.807, 2.05) is 6.92 Å². The molecule has 0 amide bonds. The minimum absolute atomic E-state index is 0. The van der Waals surface area contributed by atoms with Crippen molar-refractivity contribution in [2.45, 2.75) is 27.2 Å². The van der Waals surface area contributed by atoms with E-state index in [2.05, 4.69) is 0 Å². The molecule has 10 heavy (non-hydrogen) atoms. The molecule has 0 aromatic carbocycles. The minimum atomic E-state index is -0.356. The summed E-state index contributed by atoms with van der Waals surface area (Å²) < 4.78 is 0. The number of ketones is 2. The standard InChI is InChI=1S/C7H12O2.Ag/c1-4-7(5(2)8)6(3)9;/h7H,4H2,1-3H3;. The number of hydrogen-bond acceptors (Lipinski definition) is 2. The van der Waals surface area contributed by atoms with Crippen LogP contribution in [0.5, 0.6) is 0 Å². The smallest absolute Gasteiger partial charge is 0.140 e. The van der Waals surface area contributed by atoms with Crippen LogP contribution in [0.3, 0.4) is 0 Å². The van der Waals surface area contributed by atoms with Crippen molar-refractivity contribution in [1.82, 2.24) is 0 Å². The summed E-state index contributed by atoms with van der Waals surface area (Å²) in [6.45, 7) is 4.75. The third kappa shape index (κ3) is 3.99. The molecule has 0 aliphatic carbocycles. The summed E-state index contributed by atoms with van der Waals surface area (Å²) in [6.07, 6.45) is 0.630. The molecule has 0 aromatic heterocycles. The Kier molecular flexibility index (Phi) is 7.43. The summed E-state index contributed by atoms with van der Waals surface area (Å²) in [6, 6.07) is 0. The van der Waals surface area contributed by atoms with Crippen LogP contribution in [0.2, 0.25) is 0 Å². The largest absolute Gasteiger partial charge is 0.299 e. The molecular formula is C7H12AgO2.